The molecule has 4 nitrogen and oxygen atoms in total. The number of carboxylic acids is 1. The molecule has 1 aliphatic heterocycles. The van der Waals surface area contributed by atoms with Crippen LogP contribution in [-0.2, 0) is 9.22 Å². The summed E-state index contributed by atoms with van der Waals surface area (Å²) in [4.78, 5) is 13.4. The van der Waals surface area contributed by atoms with Gasteiger partial charge in [0.2, 0.25) is 0 Å². The Morgan fingerprint density at radius 3 is 2.47 bits per heavy atom. The van der Waals surface area contributed by atoms with E-state index in [2.05, 4.69) is 38.8 Å². The predicted octanol–water partition coefficient (Wildman–Crippen LogP) is 2.95. The lowest BCUT2D eigenvalue weighted by Gasteiger charge is -2.37. The van der Waals surface area contributed by atoms with E-state index in [1.807, 2.05) is 6.92 Å². The molecule has 0 aromatic carbocycles. The first-order chi connectivity index (χ1) is 8.51. The highest BCUT2D eigenvalue weighted by Gasteiger charge is 2.43. The van der Waals surface area contributed by atoms with Crippen molar-refractivity contribution >= 4 is 14.3 Å². The summed E-state index contributed by atoms with van der Waals surface area (Å²) >= 11 is 0. The number of likely N-dealkylation sites (tertiary alicyclic amines) is 1. The highest BCUT2D eigenvalue weighted by atomic mass is 28.4. The monoisotopic (exact) mass is 287 g/mol. The van der Waals surface area contributed by atoms with Crippen molar-refractivity contribution in [3.63, 3.8) is 0 Å². The molecule has 0 amide bonds. The maximum atomic E-state index is 11.4. The third-order valence-corrected chi connectivity index (χ3v) is 9.42. The Hall–Kier alpha value is -0.393. The Morgan fingerprint density at radius 2 is 2.00 bits per heavy atom. The van der Waals surface area contributed by atoms with Crippen LogP contribution in [0, 0.1) is 0 Å². The summed E-state index contributed by atoms with van der Waals surface area (Å²) in [6.45, 7) is 15.2. The van der Waals surface area contributed by atoms with Gasteiger partial charge in [0.05, 0.1) is 0 Å². The summed E-state index contributed by atoms with van der Waals surface area (Å²) in [6, 6.07) is 0. The second-order valence-corrected chi connectivity index (χ2v) is 12.1. The van der Waals surface area contributed by atoms with Crippen LogP contribution in [0.2, 0.25) is 18.1 Å². The second kappa shape index (κ2) is 5.54. The third kappa shape index (κ3) is 3.58. The fourth-order valence-corrected chi connectivity index (χ4v) is 3.28. The van der Waals surface area contributed by atoms with Crippen LogP contribution in [0.1, 0.15) is 40.5 Å². The smallest absolute Gasteiger partial charge is 0.323 e. The quantitative estimate of drug-likeness (QED) is 0.790. The summed E-state index contributed by atoms with van der Waals surface area (Å²) in [5, 5.41) is 9.56. The molecule has 0 bridgehead atoms. The van der Waals surface area contributed by atoms with Gasteiger partial charge in [-0.05, 0) is 44.4 Å². The Balaban J connectivity index is 2.52. The average Bonchev–Trinajstić information content (AvgIpc) is 2.60. The van der Waals surface area contributed by atoms with E-state index in [-0.39, 0.29) is 5.04 Å². The Labute approximate surface area is 118 Å². The van der Waals surface area contributed by atoms with E-state index in [1.165, 1.54) is 0 Å². The molecule has 1 heterocycles. The molecule has 0 spiro atoms. The van der Waals surface area contributed by atoms with Gasteiger partial charge in [-0.2, -0.15) is 0 Å². The van der Waals surface area contributed by atoms with Gasteiger partial charge in [-0.3, -0.25) is 9.69 Å². The molecule has 1 fully saturated rings. The van der Waals surface area contributed by atoms with E-state index >= 15 is 0 Å². The first-order valence-electron chi connectivity index (χ1n) is 7.13. The molecule has 0 saturated carbocycles. The van der Waals surface area contributed by atoms with Crippen LogP contribution in [0.25, 0.3) is 0 Å². The predicted molar refractivity (Wildman–Crippen MR) is 80.0 cm³/mol. The van der Waals surface area contributed by atoms with Gasteiger partial charge in [0, 0.05) is 13.2 Å². The minimum absolute atomic E-state index is 0.202. The molecule has 0 radical (unpaired) electrons. The molecular weight excluding hydrogens is 258 g/mol. The topological polar surface area (TPSA) is 49.8 Å². The number of nitrogens with zero attached hydrogens (tertiary/aromatic N) is 1. The minimum Gasteiger partial charge on any atom is -0.480 e. The molecule has 1 saturated heterocycles. The average molecular weight is 287 g/mol. The van der Waals surface area contributed by atoms with Crippen molar-refractivity contribution in [3.05, 3.63) is 0 Å². The summed E-state index contributed by atoms with van der Waals surface area (Å²) < 4.78 is 6.13. The summed E-state index contributed by atoms with van der Waals surface area (Å²) in [5.41, 5.74) is -0.698. The van der Waals surface area contributed by atoms with Crippen LogP contribution in [0.5, 0.6) is 0 Å². The van der Waals surface area contributed by atoms with Gasteiger partial charge < -0.3 is 9.53 Å². The molecule has 0 aromatic heterocycles. The standard InChI is InChI=1S/C14H29NO3Si/c1-13(2,3)19(5,6)18-11-10-15-9-7-8-14(15,4)12(16)17/h7-11H2,1-6H3,(H,16,17)/t14-/m1/s1. The zero-order chi connectivity index (χ0) is 14.9. The summed E-state index contributed by atoms with van der Waals surface area (Å²) in [7, 11) is -1.72. The van der Waals surface area contributed by atoms with Crippen molar-refractivity contribution < 1.29 is 14.3 Å². The van der Waals surface area contributed by atoms with E-state index in [1.54, 1.807) is 0 Å². The first kappa shape index (κ1) is 16.7. The zero-order valence-corrected chi connectivity index (χ0v) is 14.2. The van der Waals surface area contributed by atoms with Crippen LogP contribution in [0.4, 0.5) is 0 Å². The zero-order valence-electron chi connectivity index (χ0n) is 13.2. The lowest BCUT2D eigenvalue weighted by Crippen LogP contribution is -2.50. The molecule has 112 valence electrons. The normalized spacial score (nSPS) is 25.8. The van der Waals surface area contributed by atoms with Crippen LogP contribution < -0.4 is 0 Å². The van der Waals surface area contributed by atoms with Crippen molar-refractivity contribution in [1.82, 2.24) is 4.90 Å². The fourth-order valence-electron chi connectivity index (χ4n) is 2.25. The second-order valence-electron chi connectivity index (χ2n) is 7.28. The number of carboxylic acid groups (broad SMARTS) is 1. The number of hydrogen-bond acceptors (Lipinski definition) is 3. The van der Waals surface area contributed by atoms with Crippen molar-refractivity contribution in [2.45, 2.75) is 64.2 Å². The highest BCUT2D eigenvalue weighted by Crippen LogP contribution is 2.36. The number of aliphatic carboxylic acids is 1. The van der Waals surface area contributed by atoms with Crippen molar-refractivity contribution in [3.8, 4) is 0 Å². The van der Waals surface area contributed by atoms with Crippen LogP contribution in [0.3, 0.4) is 0 Å². The highest BCUT2D eigenvalue weighted by molar-refractivity contribution is 6.74. The number of rotatable bonds is 5. The van der Waals surface area contributed by atoms with Crippen molar-refractivity contribution in [2.75, 3.05) is 19.7 Å². The van der Waals surface area contributed by atoms with Crippen LogP contribution in [-0.4, -0.2) is 49.5 Å². The van der Waals surface area contributed by atoms with Gasteiger partial charge >= 0.3 is 5.97 Å². The lowest BCUT2D eigenvalue weighted by atomic mass is 9.99. The molecular formula is C14H29NO3Si. The van der Waals surface area contributed by atoms with Gasteiger partial charge in [-0.1, -0.05) is 20.8 Å². The minimum atomic E-state index is -1.72. The SMILES string of the molecule is CC(C)(C)[Si](C)(C)OCCN1CCC[C@]1(C)C(=O)O. The fraction of sp³-hybridized carbons (Fsp3) is 0.929. The van der Waals surface area contributed by atoms with Gasteiger partial charge in [-0.15, -0.1) is 0 Å². The van der Waals surface area contributed by atoms with E-state index in [0.29, 0.717) is 6.61 Å². The van der Waals surface area contributed by atoms with Gasteiger partial charge in [0.25, 0.3) is 0 Å². The molecule has 1 rings (SSSR count). The largest absolute Gasteiger partial charge is 0.480 e. The summed E-state index contributed by atoms with van der Waals surface area (Å²) in [5.74, 6) is -0.711. The van der Waals surface area contributed by atoms with E-state index in [0.717, 1.165) is 25.9 Å². The van der Waals surface area contributed by atoms with Gasteiger partial charge in [0.1, 0.15) is 5.54 Å². The van der Waals surface area contributed by atoms with Gasteiger partial charge in [-0.25, -0.2) is 0 Å². The first-order valence-corrected chi connectivity index (χ1v) is 10.0. The molecule has 5 heteroatoms. The number of carbonyl (C=O) groups is 1. The molecule has 0 unspecified atom stereocenters. The Bertz CT molecular complexity index is 338. The molecule has 1 N–H and O–H groups in total. The maximum Gasteiger partial charge on any atom is 0.323 e. The molecule has 0 aliphatic carbocycles. The molecule has 1 atom stereocenters. The molecule has 1 aliphatic rings. The van der Waals surface area contributed by atoms with E-state index in [4.69, 9.17) is 4.43 Å². The van der Waals surface area contributed by atoms with Crippen LogP contribution in [0.15, 0.2) is 0 Å². The summed E-state index contributed by atoms with van der Waals surface area (Å²) in [6.07, 6.45) is 1.70. The van der Waals surface area contributed by atoms with E-state index < -0.39 is 19.8 Å². The third-order valence-electron chi connectivity index (χ3n) is 4.88. The van der Waals surface area contributed by atoms with Gasteiger partial charge in [0.15, 0.2) is 8.32 Å². The van der Waals surface area contributed by atoms with Crippen molar-refractivity contribution in [2.24, 2.45) is 0 Å². The molecule has 19 heavy (non-hydrogen) atoms. The Morgan fingerprint density at radius 1 is 1.42 bits per heavy atom. The lowest BCUT2D eigenvalue weighted by molar-refractivity contribution is -0.148. The van der Waals surface area contributed by atoms with Crippen LogP contribution >= 0.6 is 0 Å². The van der Waals surface area contributed by atoms with E-state index in [9.17, 15) is 9.90 Å². The maximum absolute atomic E-state index is 11.4. The molecule has 0 aromatic rings. The number of hydrogen-bond donors (Lipinski definition) is 1. The Kier molecular flexibility index (Phi) is 4.86. The van der Waals surface area contributed by atoms with Crippen molar-refractivity contribution in [1.29, 1.82) is 0 Å².